The Labute approximate surface area is 108 Å². The Hall–Kier alpha value is -1.08. The number of piperazine rings is 1. The van der Waals surface area contributed by atoms with Crippen LogP contribution in [-0.4, -0.2) is 36.5 Å². The third-order valence-corrected chi connectivity index (χ3v) is 5.03. The highest BCUT2D eigenvalue weighted by Gasteiger charge is 2.41. The minimum absolute atomic E-state index is 0.209. The second kappa shape index (κ2) is 4.89. The third-order valence-electron chi connectivity index (χ3n) is 5.03. The van der Waals surface area contributed by atoms with E-state index in [0.29, 0.717) is 25.4 Å². The van der Waals surface area contributed by atoms with Gasteiger partial charge in [-0.25, -0.2) is 0 Å². The van der Waals surface area contributed by atoms with Crippen LogP contribution < -0.4 is 5.32 Å². The SMILES string of the molecule is N#CC1CNCCN1C(=O)CC1CC2CCC1C2. The molecule has 4 atom stereocenters. The Balaban J connectivity index is 1.59. The van der Waals surface area contributed by atoms with Gasteiger partial charge in [0.2, 0.25) is 5.91 Å². The van der Waals surface area contributed by atoms with Crippen molar-refractivity contribution in [2.24, 2.45) is 17.8 Å². The monoisotopic (exact) mass is 247 g/mol. The van der Waals surface area contributed by atoms with Crippen molar-refractivity contribution < 1.29 is 4.79 Å². The summed E-state index contributed by atoms with van der Waals surface area (Å²) in [4.78, 5) is 14.1. The largest absolute Gasteiger partial charge is 0.324 e. The zero-order valence-electron chi connectivity index (χ0n) is 10.8. The Morgan fingerprint density at radius 1 is 1.39 bits per heavy atom. The third kappa shape index (κ3) is 2.12. The zero-order chi connectivity index (χ0) is 12.5. The van der Waals surface area contributed by atoms with Crippen molar-refractivity contribution in [3.63, 3.8) is 0 Å². The summed E-state index contributed by atoms with van der Waals surface area (Å²) in [5.41, 5.74) is 0. The smallest absolute Gasteiger partial charge is 0.224 e. The predicted octanol–water partition coefficient (Wildman–Crippen LogP) is 1.14. The van der Waals surface area contributed by atoms with Gasteiger partial charge in [0.05, 0.1) is 6.07 Å². The second-order valence-corrected chi connectivity index (χ2v) is 6.08. The lowest BCUT2D eigenvalue weighted by molar-refractivity contribution is -0.134. The quantitative estimate of drug-likeness (QED) is 0.796. The molecule has 0 aromatic heterocycles. The maximum absolute atomic E-state index is 12.3. The number of rotatable bonds is 2. The summed E-state index contributed by atoms with van der Waals surface area (Å²) in [6.07, 6.45) is 5.98. The van der Waals surface area contributed by atoms with Gasteiger partial charge in [0, 0.05) is 26.1 Å². The van der Waals surface area contributed by atoms with Gasteiger partial charge in [0.15, 0.2) is 0 Å². The summed E-state index contributed by atoms with van der Waals surface area (Å²) in [6.45, 7) is 2.14. The number of nitrogens with one attached hydrogen (secondary N) is 1. The van der Waals surface area contributed by atoms with Gasteiger partial charge in [-0.1, -0.05) is 6.42 Å². The average molecular weight is 247 g/mol. The molecule has 1 amide bonds. The molecule has 2 saturated carbocycles. The first-order chi connectivity index (χ1) is 8.78. The van der Waals surface area contributed by atoms with Gasteiger partial charge >= 0.3 is 0 Å². The highest BCUT2D eigenvalue weighted by molar-refractivity contribution is 5.77. The first kappa shape index (κ1) is 12.0. The summed E-state index contributed by atoms with van der Waals surface area (Å²) in [5, 5.41) is 12.3. The molecule has 3 aliphatic rings. The molecular weight excluding hydrogens is 226 g/mol. The lowest BCUT2D eigenvalue weighted by Gasteiger charge is -2.33. The summed E-state index contributed by atoms with van der Waals surface area (Å²) in [5.74, 6) is 2.50. The van der Waals surface area contributed by atoms with Crippen LogP contribution in [0.4, 0.5) is 0 Å². The van der Waals surface area contributed by atoms with Crippen molar-refractivity contribution in [3.05, 3.63) is 0 Å². The Bertz CT molecular complexity index is 376. The van der Waals surface area contributed by atoms with Crippen molar-refractivity contribution in [2.75, 3.05) is 19.6 Å². The Morgan fingerprint density at radius 2 is 2.28 bits per heavy atom. The van der Waals surface area contributed by atoms with E-state index >= 15 is 0 Å². The maximum atomic E-state index is 12.3. The first-order valence-corrected chi connectivity index (χ1v) is 7.17. The number of hydrogen-bond donors (Lipinski definition) is 1. The minimum Gasteiger partial charge on any atom is -0.324 e. The predicted molar refractivity (Wildman–Crippen MR) is 67.5 cm³/mol. The molecule has 3 rings (SSSR count). The van der Waals surface area contributed by atoms with Crippen LogP contribution in [0, 0.1) is 29.1 Å². The molecule has 1 heterocycles. The van der Waals surface area contributed by atoms with Gasteiger partial charge < -0.3 is 10.2 Å². The molecule has 0 aromatic rings. The number of amides is 1. The average Bonchev–Trinajstić information content (AvgIpc) is 3.01. The molecule has 1 saturated heterocycles. The molecule has 1 N–H and O–H groups in total. The van der Waals surface area contributed by atoms with Crippen LogP contribution in [0.2, 0.25) is 0 Å². The topological polar surface area (TPSA) is 56.1 Å². The highest BCUT2D eigenvalue weighted by Crippen LogP contribution is 2.49. The van der Waals surface area contributed by atoms with Crippen LogP contribution in [0.1, 0.15) is 32.1 Å². The van der Waals surface area contributed by atoms with Crippen molar-refractivity contribution in [3.8, 4) is 6.07 Å². The summed E-state index contributed by atoms with van der Waals surface area (Å²) in [7, 11) is 0. The summed E-state index contributed by atoms with van der Waals surface area (Å²) >= 11 is 0. The van der Waals surface area contributed by atoms with Crippen LogP contribution in [0.3, 0.4) is 0 Å². The van der Waals surface area contributed by atoms with Crippen LogP contribution in [-0.2, 0) is 4.79 Å². The zero-order valence-corrected chi connectivity index (χ0v) is 10.8. The molecule has 3 fully saturated rings. The number of carbonyl (C=O) groups is 1. The molecular formula is C14H21N3O. The lowest BCUT2D eigenvalue weighted by atomic mass is 9.86. The molecule has 4 unspecified atom stereocenters. The molecule has 2 aliphatic carbocycles. The van der Waals surface area contributed by atoms with E-state index in [9.17, 15) is 4.79 Å². The van der Waals surface area contributed by atoms with E-state index in [0.717, 1.165) is 18.4 Å². The van der Waals surface area contributed by atoms with Crippen molar-refractivity contribution in [2.45, 2.75) is 38.1 Å². The first-order valence-electron chi connectivity index (χ1n) is 7.17. The van der Waals surface area contributed by atoms with Gasteiger partial charge in [-0.05, 0) is 37.0 Å². The molecule has 2 bridgehead atoms. The minimum atomic E-state index is -0.259. The van der Waals surface area contributed by atoms with Gasteiger partial charge in [0.1, 0.15) is 6.04 Å². The molecule has 4 nitrogen and oxygen atoms in total. The number of nitrogens with zero attached hydrogens (tertiary/aromatic N) is 2. The van der Waals surface area contributed by atoms with Crippen molar-refractivity contribution >= 4 is 5.91 Å². The number of hydrogen-bond acceptors (Lipinski definition) is 3. The number of nitriles is 1. The van der Waals surface area contributed by atoms with E-state index in [1.165, 1.54) is 25.7 Å². The maximum Gasteiger partial charge on any atom is 0.224 e. The summed E-state index contributed by atoms with van der Waals surface area (Å²) in [6, 6.07) is 1.98. The fourth-order valence-corrected chi connectivity index (χ4v) is 4.09. The Morgan fingerprint density at radius 3 is 2.94 bits per heavy atom. The molecule has 18 heavy (non-hydrogen) atoms. The van der Waals surface area contributed by atoms with Gasteiger partial charge in [-0.3, -0.25) is 4.79 Å². The van der Waals surface area contributed by atoms with Gasteiger partial charge in [0.25, 0.3) is 0 Å². The fraction of sp³-hybridized carbons (Fsp3) is 0.857. The standard InChI is InChI=1S/C14H21N3O/c15-8-13-9-16-3-4-17(13)14(18)7-12-6-10-1-2-11(12)5-10/h10-13,16H,1-7,9H2. The van der Waals surface area contributed by atoms with Gasteiger partial charge in [-0.2, -0.15) is 5.26 Å². The molecule has 4 heteroatoms. The number of carbonyl (C=O) groups excluding carboxylic acids is 1. The molecule has 0 spiro atoms. The van der Waals surface area contributed by atoms with Crippen LogP contribution >= 0.6 is 0 Å². The summed E-state index contributed by atoms with van der Waals surface area (Å²) < 4.78 is 0. The Kier molecular flexibility index (Phi) is 3.25. The molecule has 1 aliphatic heterocycles. The van der Waals surface area contributed by atoms with Crippen LogP contribution in [0.25, 0.3) is 0 Å². The van der Waals surface area contributed by atoms with Crippen molar-refractivity contribution in [1.82, 2.24) is 10.2 Å². The van der Waals surface area contributed by atoms with Gasteiger partial charge in [-0.15, -0.1) is 0 Å². The van der Waals surface area contributed by atoms with E-state index in [-0.39, 0.29) is 11.9 Å². The molecule has 0 radical (unpaired) electrons. The van der Waals surface area contributed by atoms with Crippen LogP contribution in [0.15, 0.2) is 0 Å². The number of fused-ring (bicyclic) bond motifs is 2. The molecule has 0 aromatic carbocycles. The van der Waals surface area contributed by atoms with E-state index in [2.05, 4.69) is 11.4 Å². The lowest BCUT2D eigenvalue weighted by Crippen LogP contribution is -2.53. The van der Waals surface area contributed by atoms with E-state index < -0.39 is 0 Å². The normalized spacial score (nSPS) is 38.7. The second-order valence-electron chi connectivity index (χ2n) is 6.08. The van der Waals surface area contributed by atoms with E-state index in [1.54, 1.807) is 4.90 Å². The molecule has 98 valence electrons. The van der Waals surface area contributed by atoms with Crippen LogP contribution in [0.5, 0.6) is 0 Å². The highest BCUT2D eigenvalue weighted by atomic mass is 16.2. The van der Waals surface area contributed by atoms with Crippen molar-refractivity contribution in [1.29, 1.82) is 5.26 Å². The fourth-order valence-electron chi connectivity index (χ4n) is 4.09. The van der Waals surface area contributed by atoms with E-state index in [4.69, 9.17) is 5.26 Å². The van der Waals surface area contributed by atoms with E-state index in [1.807, 2.05) is 0 Å².